The Hall–Kier alpha value is -1.76. The molecule has 0 aliphatic carbocycles. The Balaban J connectivity index is 0.00000144. The second kappa shape index (κ2) is 8.92. The van der Waals surface area contributed by atoms with Crippen molar-refractivity contribution in [2.45, 2.75) is 13.5 Å². The predicted octanol–water partition coefficient (Wildman–Crippen LogP) is 2.12. The van der Waals surface area contributed by atoms with Crippen molar-refractivity contribution in [3.63, 3.8) is 0 Å². The minimum absolute atomic E-state index is 0. The topological polar surface area (TPSA) is 84.3 Å². The predicted molar refractivity (Wildman–Crippen MR) is 104 cm³/mol. The van der Waals surface area contributed by atoms with E-state index < -0.39 is 0 Å². The highest BCUT2D eigenvalue weighted by Crippen LogP contribution is 2.19. The van der Waals surface area contributed by atoms with Crippen LogP contribution in [0.15, 0.2) is 30.5 Å². The van der Waals surface area contributed by atoms with Gasteiger partial charge in [-0.15, -0.1) is 24.8 Å². The van der Waals surface area contributed by atoms with E-state index >= 15 is 0 Å². The maximum atomic E-state index is 5.90. The molecular weight excluding hydrogens is 347 g/mol. The number of hydrogen-bond acceptors (Lipinski definition) is 6. The fraction of sp³-hybridized carbons (Fsp3) is 0.375. The lowest BCUT2D eigenvalue weighted by Crippen LogP contribution is -2.46. The average Bonchev–Trinajstić information content (AvgIpc) is 2.52. The van der Waals surface area contributed by atoms with Gasteiger partial charge in [0.15, 0.2) is 0 Å². The molecule has 1 fully saturated rings. The van der Waals surface area contributed by atoms with Crippen molar-refractivity contribution in [2.24, 2.45) is 0 Å². The van der Waals surface area contributed by atoms with E-state index in [1.807, 2.05) is 0 Å². The minimum atomic E-state index is 0. The van der Waals surface area contributed by atoms with Gasteiger partial charge in [0.25, 0.3) is 0 Å². The Morgan fingerprint density at radius 3 is 2.21 bits per heavy atom. The van der Waals surface area contributed by atoms with E-state index in [1.54, 1.807) is 6.20 Å². The summed E-state index contributed by atoms with van der Waals surface area (Å²) in [6.07, 6.45) is 1.73. The first kappa shape index (κ1) is 20.3. The first-order chi connectivity index (χ1) is 10.6. The van der Waals surface area contributed by atoms with Gasteiger partial charge in [-0.25, -0.2) is 4.98 Å². The summed E-state index contributed by atoms with van der Waals surface area (Å²) >= 11 is 0. The standard InChI is InChI=1S/C16H22N6.2ClH/c1-12-2-4-14(5-3-12)22-8-6-21(7-9-22)11-13-10-19-16(18)20-15(13)17;;/h2-5,10H,6-9,11H2,1H3,(H4,17,18,19,20);2*1H. The largest absolute Gasteiger partial charge is 0.383 e. The summed E-state index contributed by atoms with van der Waals surface area (Å²) < 4.78 is 0. The SMILES string of the molecule is Cc1ccc(N2CCN(Cc3cnc(N)nc3N)CC2)cc1.Cl.Cl. The number of piperazine rings is 1. The van der Waals surface area contributed by atoms with Gasteiger partial charge in [0, 0.05) is 50.2 Å². The maximum Gasteiger partial charge on any atom is 0.221 e. The molecule has 0 amide bonds. The zero-order valence-electron chi connectivity index (χ0n) is 13.7. The van der Waals surface area contributed by atoms with Gasteiger partial charge >= 0.3 is 0 Å². The number of nitrogen functional groups attached to an aromatic ring is 2. The zero-order chi connectivity index (χ0) is 15.5. The third kappa shape index (κ3) is 4.87. The first-order valence-corrected chi connectivity index (χ1v) is 7.52. The monoisotopic (exact) mass is 370 g/mol. The number of rotatable bonds is 3. The quantitative estimate of drug-likeness (QED) is 0.860. The molecular formula is C16H24Cl2N6. The van der Waals surface area contributed by atoms with Gasteiger partial charge in [-0.05, 0) is 19.1 Å². The van der Waals surface area contributed by atoms with Gasteiger partial charge < -0.3 is 16.4 Å². The highest BCUT2D eigenvalue weighted by molar-refractivity contribution is 5.85. The molecule has 1 saturated heterocycles. The molecule has 4 N–H and O–H groups in total. The van der Waals surface area contributed by atoms with Crippen LogP contribution < -0.4 is 16.4 Å². The van der Waals surface area contributed by atoms with Gasteiger partial charge in [-0.3, -0.25) is 4.90 Å². The van der Waals surface area contributed by atoms with Crippen LogP contribution in [0, 0.1) is 6.92 Å². The number of anilines is 3. The van der Waals surface area contributed by atoms with Crippen molar-refractivity contribution in [2.75, 3.05) is 42.5 Å². The van der Waals surface area contributed by atoms with E-state index in [2.05, 4.69) is 51.0 Å². The maximum absolute atomic E-state index is 5.90. The molecule has 2 heterocycles. The highest BCUT2D eigenvalue weighted by Gasteiger charge is 2.18. The second-order valence-corrected chi connectivity index (χ2v) is 5.74. The average molecular weight is 371 g/mol. The number of nitrogens with two attached hydrogens (primary N) is 2. The van der Waals surface area contributed by atoms with Crippen molar-refractivity contribution in [3.8, 4) is 0 Å². The summed E-state index contributed by atoms with van der Waals surface area (Å²) in [6.45, 7) is 6.90. The van der Waals surface area contributed by atoms with Crippen LogP contribution in [0.25, 0.3) is 0 Å². The van der Waals surface area contributed by atoms with E-state index in [4.69, 9.17) is 11.5 Å². The van der Waals surface area contributed by atoms with Crippen molar-refractivity contribution < 1.29 is 0 Å². The van der Waals surface area contributed by atoms with Crippen LogP contribution in [0.2, 0.25) is 0 Å². The van der Waals surface area contributed by atoms with Crippen LogP contribution in [-0.4, -0.2) is 41.0 Å². The van der Waals surface area contributed by atoms with Crippen molar-refractivity contribution in [1.82, 2.24) is 14.9 Å². The number of hydrogen-bond donors (Lipinski definition) is 2. The summed E-state index contributed by atoms with van der Waals surface area (Å²) in [7, 11) is 0. The van der Waals surface area contributed by atoms with Gasteiger partial charge in [0.05, 0.1) is 0 Å². The van der Waals surface area contributed by atoms with Gasteiger partial charge in [0.1, 0.15) is 5.82 Å². The lowest BCUT2D eigenvalue weighted by Gasteiger charge is -2.36. The van der Waals surface area contributed by atoms with Crippen molar-refractivity contribution in [1.29, 1.82) is 0 Å². The van der Waals surface area contributed by atoms with E-state index in [0.29, 0.717) is 5.82 Å². The fourth-order valence-electron chi connectivity index (χ4n) is 2.72. The molecule has 24 heavy (non-hydrogen) atoms. The Kier molecular flexibility index (Phi) is 7.54. The molecule has 2 aromatic rings. The number of halogens is 2. The third-order valence-electron chi connectivity index (χ3n) is 4.08. The van der Waals surface area contributed by atoms with Crippen LogP contribution in [0.1, 0.15) is 11.1 Å². The first-order valence-electron chi connectivity index (χ1n) is 7.52. The van der Waals surface area contributed by atoms with E-state index in [9.17, 15) is 0 Å². The molecule has 0 atom stereocenters. The molecule has 1 aliphatic rings. The second-order valence-electron chi connectivity index (χ2n) is 5.74. The number of benzene rings is 1. The summed E-state index contributed by atoms with van der Waals surface area (Å²) in [6, 6.07) is 8.70. The molecule has 0 bridgehead atoms. The Morgan fingerprint density at radius 1 is 1.00 bits per heavy atom. The summed E-state index contributed by atoms with van der Waals surface area (Å²) in [5, 5.41) is 0. The van der Waals surface area contributed by atoms with Gasteiger partial charge in [0.2, 0.25) is 5.95 Å². The Morgan fingerprint density at radius 2 is 1.62 bits per heavy atom. The smallest absolute Gasteiger partial charge is 0.221 e. The normalized spacial score (nSPS) is 14.6. The van der Waals surface area contributed by atoms with E-state index in [-0.39, 0.29) is 30.8 Å². The molecule has 8 heteroatoms. The lowest BCUT2D eigenvalue weighted by atomic mass is 10.2. The van der Waals surface area contributed by atoms with E-state index in [1.165, 1.54) is 11.3 Å². The molecule has 0 spiro atoms. The Labute approximate surface area is 155 Å². The molecule has 0 saturated carbocycles. The molecule has 132 valence electrons. The van der Waals surface area contributed by atoms with Crippen LogP contribution in [0.3, 0.4) is 0 Å². The number of aryl methyl sites for hydroxylation is 1. The fourth-order valence-corrected chi connectivity index (χ4v) is 2.72. The zero-order valence-corrected chi connectivity index (χ0v) is 15.3. The van der Waals surface area contributed by atoms with Crippen LogP contribution in [0.5, 0.6) is 0 Å². The number of nitrogens with zero attached hydrogens (tertiary/aromatic N) is 4. The summed E-state index contributed by atoms with van der Waals surface area (Å²) in [5.41, 5.74) is 15.0. The molecule has 0 radical (unpaired) electrons. The molecule has 1 aromatic carbocycles. The molecule has 0 unspecified atom stereocenters. The molecule has 1 aliphatic heterocycles. The molecule has 6 nitrogen and oxygen atoms in total. The summed E-state index contributed by atoms with van der Waals surface area (Å²) in [4.78, 5) is 12.8. The van der Waals surface area contributed by atoms with Gasteiger partial charge in [-0.2, -0.15) is 4.98 Å². The third-order valence-corrected chi connectivity index (χ3v) is 4.08. The van der Waals surface area contributed by atoms with Crippen LogP contribution in [-0.2, 0) is 6.54 Å². The van der Waals surface area contributed by atoms with Crippen LogP contribution >= 0.6 is 24.8 Å². The summed E-state index contributed by atoms with van der Waals surface area (Å²) in [5.74, 6) is 0.707. The molecule has 1 aromatic heterocycles. The van der Waals surface area contributed by atoms with Crippen molar-refractivity contribution >= 4 is 42.3 Å². The minimum Gasteiger partial charge on any atom is -0.383 e. The van der Waals surface area contributed by atoms with E-state index in [0.717, 1.165) is 38.3 Å². The van der Waals surface area contributed by atoms with Crippen LogP contribution in [0.4, 0.5) is 17.5 Å². The Bertz CT molecular complexity index is 642. The van der Waals surface area contributed by atoms with Crippen molar-refractivity contribution in [3.05, 3.63) is 41.6 Å². The highest BCUT2D eigenvalue weighted by atomic mass is 35.5. The lowest BCUT2D eigenvalue weighted by molar-refractivity contribution is 0.250. The number of aromatic nitrogens is 2. The molecule has 3 rings (SSSR count). The van der Waals surface area contributed by atoms with Gasteiger partial charge in [-0.1, -0.05) is 17.7 Å².